The van der Waals surface area contributed by atoms with Crippen LogP contribution in [-0.4, -0.2) is 36.6 Å². The molecule has 0 saturated heterocycles. The first-order valence-corrected chi connectivity index (χ1v) is 7.87. The fraction of sp³-hybridized carbons (Fsp3) is 0.316. The molecule has 0 aromatic heterocycles. The Hall–Kier alpha value is -1.60. The lowest BCUT2D eigenvalue weighted by Crippen LogP contribution is -2.37. The first-order valence-electron chi connectivity index (χ1n) is 7.87. The molecule has 0 heterocycles. The fourth-order valence-electron chi connectivity index (χ4n) is 2.24. The van der Waals surface area contributed by atoms with Crippen molar-refractivity contribution in [3.63, 3.8) is 0 Å². The zero-order valence-corrected chi connectivity index (χ0v) is 16.6. The largest absolute Gasteiger partial charge is 0.392 e. The molecule has 0 spiro atoms. The topological polar surface area (TPSA) is 47.9 Å². The summed E-state index contributed by atoms with van der Waals surface area (Å²) in [5.41, 5.74) is 3.39. The van der Waals surface area contributed by atoms with E-state index < -0.39 is 0 Å². The van der Waals surface area contributed by atoms with Gasteiger partial charge in [-0.2, -0.15) is 0 Å². The third-order valence-electron chi connectivity index (χ3n) is 3.58. The van der Waals surface area contributed by atoms with Gasteiger partial charge in [0.15, 0.2) is 5.96 Å². The summed E-state index contributed by atoms with van der Waals surface area (Å²) in [5, 5.41) is 12.5. The molecule has 130 valence electrons. The van der Waals surface area contributed by atoms with Gasteiger partial charge in [0.25, 0.3) is 0 Å². The average molecular weight is 439 g/mol. The van der Waals surface area contributed by atoms with E-state index in [0.717, 1.165) is 24.5 Å². The molecule has 0 atom stereocenters. The second-order valence-electron chi connectivity index (χ2n) is 5.67. The number of nitrogens with one attached hydrogen (secondary N) is 1. The minimum Gasteiger partial charge on any atom is -0.392 e. The second-order valence-corrected chi connectivity index (χ2v) is 5.67. The molecule has 0 aliphatic heterocycles. The van der Waals surface area contributed by atoms with E-state index in [9.17, 15) is 0 Å². The second kappa shape index (κ2) is 11.0. The summed E-state index contributed by atoms with van der Waals surface area (Å²) < 4.78 is 0. The van der Waals surface area contributed by atoms with Gasteiger partial charge in [-0.15, -0.1) is 24.0 Å². The molecule has 0 aliphatic carbocycles. The van der Waals surface area contributed by atoms with Crippen LogP contribution in [0.1, 0.15) is 16.7 Å². The van der Waals surface area contributed by atoms with Crippen molar-refractivity contribution in [3.05, 3.63) is 71.3 Å². The van der Waals surface area contributed by atoms with Crippen LogP contribution in [0.2, 0.25) is 0 Å². The Balaban J connectivity index is 0.00000288. The third kappa shape index (κ3) is 6.88. The van der Waals surface area contributed by atoms with Crippen LogP contribution < -0.4 is 5.32 Å². The van der Waals surface area contributed by atoms with Gasteiger partial charge in [-0.1, -0.05) is 54.6 Å². The molecule has 0 aliphatic rings. The number of guanidine groups is 1. The number of hydrogen-bond acceptors (Lipinski definition) is 2. The predicted octanol–water partition coefficient (Wildman–Crippen LogP) is 3.05. The van der Waals surface area contributed by atoms with Crippen LogP contribution in [0, 0.1) is 0 Å². The molecule has 2 N–H and O–H groups in total. The Labute approximate surface area is 161 Å². The molecule has 2 aromatic carbocycles. The zero-order valence-electron chi connectivity index (χ0n) is 14.3. The van der Waals surface area contributed by atoms with Crippen molar-refractivity contribution in [3.8, 4) is 0 Å². The van der Waals surface area contributed by atoms with Crippen LogP contribution >= 0.6 is 24.0 Å². The molecule has 0 unspecified atom stereocenters. The summed E-state index contributed by atoms with van der Waals surface area (Å²) in [4.78, 5) is 6.65. The van der Waals surface area contributed by atoms with Gasteiger partial charge in [0, 0.05) is 20.6 Å². The lowest BCUT2D eigenvalue weighted by molar-refractivity contribution is 0.282. The van der Waals surface area contributed by atoms with Gasteiger partial charge in [0.2, 0.25) is 0 Å². The van der Waals surface area contributed by atoms with Crippen LogP contribution in [0.5, 0.6) is 0 Å². The molecular weight excluding hydrogens is 413 g/mol. The Morgan fingerprint density at radius 3 is 2.17 bits per heavy atom. The molecule has 5 heteroatoms. The summed E-state index contributed by atoms with van der Waals surface area (Å²) in [6.07, 6.45) is 0.921. The van der Waals surface area contributed by atoms with E-state index in [1.54, 1.807) is 0 Å². The van der Waals surface area contributed by atoms with Crippen molar-refractivity contribution < 1.29 is 5.11 Å². The maximum atomic E-state index is 9.06. The maximum Gasteiger partial charge on any atom is 0.193 e. The van der Waals surface area contributed by atoms with Gasteiger partial charge in [0.1, 0.15) is 0 Å². The third-order valence-corrected chi connectivity index (χ3v) is 3.58. The lowest BCUT2D eigenvalue weighted by atomic mass is 10.1. The number of aliphatic hydroxyl groups excluding tert-OH is 1. The van der Waals surface area contributed by atoms with E-state index in [4.69, 9.17) is 5.11 Å². The minimum absolute atomic E-state index is 0. The predicted molar refractivity (Wildman–Crippen MR) is 111 cm³/mol. The molecule has 24 heavy (non-hydrogen) atoms. The SMILES string of the molecule is CN(C)C(=NCc1ccccc1)NCCc1ccc(CO)cc1.I. The van der Waals surface area contributed by atoms with E-state index in [1.807, 2.05) is 49.3 Å². The quantitative estimate of drug-likeness (QED) is 0.413. The summed E-state index contributed by atoms with van der Waals surface area (Å²) in [5.74, 6) is 0.890. The van der Waals surface area contributed by atoms with Crippen LogP contribution in [0.3, 0.4) is 0 Å². The van der Waals surface area contributed by atoms with E-state index in [0.29, 0.717) is 6.54 Å². The smallest absolute Gasteiger partial charge is 0.193 e. The van der Waals surface area contributed by atoms with Gasteiger partial charge < -0.3 is 15.3 Å². The highest BCUT2D eigenvalue weighted by atomic mass is 127. The minimum atomic E-state index is 0. The number of rotatable bonds is 6. The van der Waals surface area contributed by atoms with Crippen molar-refractivity contribution in [2.24, 2.45) is 4.99 Å². The highest BCUT2D eigenvalue weighted by Crippen LogP contribution is 2.05. The first-order chi connectivity index (χ1) is 11.2. The van der Waals surface area contributed by atoms with Gasteiger partial charge >= 0.3 is 0 Å². The fourth-order valence-corrected chi connectivity index (χ4v) is 2.24. The number of hydrogen-bond donors (Lipinski definition) is 2. The highest BCUT2D eigenvalue weighted by Gasteiger charge is 2.02. The Bertz CT molecular complexity index is 612. The first kappa shape index (κ1) is 20.4. The van der Waals surface area contributed by atoms with Crippen LogP contribution in [0.15, 0.2) is 59.6 Å². The van der Waals surface area contributed by atoms with Gasteiger partial charge in [-0.05, 0) is 23.1 Å². The number of halogens is 1. The highest BCUT2D eigenvalue weighted by molar-refractivity contribution is 14.0. The van der Waals surface area contributed by atoms with Crippen molar-refractivity contribution >= 4 is 29.9 Å². The van der Waals surface area contributed by atoms with E-state index in [2.05, 4.69) is 34.6 Å². The normalized spacial score (nSPS) is 10.9. The Morgan fingerprint density at radius 2 is 1.58 bits per heavy atom. The molecule has 0 bridgehead atoms. The summed E-state index contributed by atoms with van der Waals surface area (Å²) in [7, 11) is 3.99. The lowest BCUT2D eigenvalue weighted by Gasteiger charge is -2.17. The number of nitrogens with zero attached hydrogens (tertiary/aromatic N) is 2. The molecule has 0 fully saturated rings. The average Bonchev–Trinajstić information content (AvgIpc) is 2.59. The number of benzene rings is 2. The van der Waals surface area contributed by atoms with Gasteiger partial charge in [-0.25, -0.2) is 4.99 Å². The molecule has 0 radical (unpaired) electrons. The maximum absolute atomic E-state index is 9.06. The number of aliphatic imine (C=N–C) groups is 1. The van der Waals surface area contributed by atoms with Gasteiger partial charge in [-0.3, -0.25) is 0 Å². The Morgan fingerprint density at radius 1 is 0.958 bits per heavy atom. The molecule has 0 saturated carbocycles. The van der Waals surface area contributed by atoms with Gasteiger partial charge in [0.05, 0.1) is 13.2 Å². The van der Waals surface area contributed by atoms with Crippen LogP contribution in [-0.2, 0) is 19.6 Å². The van der Waals surface area contributed by atoms with Crippen LogP contribution in [0.4, 0.5) is 0 Å². The molecule has 4 nitrogen and oxygen atoms in total. The van der Waals surface area contributed by atoms with Crippen LogP contribution in [0.25, 0.3) is 0 Å². The molecule has 2 rings (SSSR count). The van der Waals surface area contributed by atoms with Crippen molar-refractivity contribution in [1.82, 2.24) is 10.2 Å². The van der Waals surface area contributed by atoms with E-state index in [-0.39, 0.29) is 30.6 Å². The summed E-state index contributed by atoms with van der Waals surface area (Å²) in [6.45, 7) is 1.59. The standard InChI is InChI=1S/C19H25N3O.HI/c1-22(2)19(21-14-17-6-4-3-5-7-17)20-13-12-16-8-10-18(15-23)11-9-16;/h3-11,23H,12-15H2,1-2H3,(H,20,21);1H. The molecule has 0 amide bonds. The van der Waals surface area contributed by atoms with E-state index >= 15 is 0 Å². The molecule has 2 aromatic rings. The summed E-state index contributed by atoms with van der Waals surface area (Å²) >= 11 is 0. The zero-order chi connectivity index (χ0) is 16.5. The van der Waals surface area contributed by atoms with Crippen molar-refractivity contribution in [2.75, 3.05) is 20.6 Å². The van der Waals surface area contributed by atoms with Crippen molar-refractivity contribution in [2.45, 2.75) is 19.6 Å². The monoisotopic (exact) mass is 439 g/mol. The van der Waals surface area contributed by atoms with E-state index in [1.165, 1.54) is 11.1 Å². The Kier molecular flexibility index (Phi) is 9.41. The number of aliphatic hydroxyl groups is 1. The molecular formula is C19H26IN3O. The summed E-state index contributed by atoms with van der Waals surface area (Å²) in [6, 6.07) is 18.3. The van der Waals surface area contributed by atoms with Crippen molar-refractivity contribution in [1.29, 1.82) is 0 Å².